The summed E-state index contributed by atoms with van der Waals surface area (Å²) in [5.74, 6) is 0.502. The Hall–Kier alpha value is -1.62. The lowest BCUT2D eigenvalue weighted by Crippen LogP contribution is -2.44. The van der Waals surface area contributed by atoms with E-state index in [4.69, 9.17) is 4.74 Å². The van der Waals surface area contributed by atoms with E-state index in [1.807, 2.05) is 31.2 Å². The summed E-state index contributed by atoms with van der Waals surface area (Å²) in [6.45, 7) is 8.67. The molecule has 23 heavy (non-hydrogen) atoms. The Kier molecular flexibility index (Phi) is 4.32. The van der Waals surface area contributed by atoms with Gasteiger partial charge in [0.1, 0.15) is 5.60 Å². The van der Waals surface area contributed by atoms with Gasteiger partial charge in [0.05, 0.1) is 21.8 Å². The molecular weight excluding hydrogens is 308 g/mol. The van der Waals surface area contributed by atoms with Crippen LogP contribution in [0.25, 0.3) is 10.2 Å². The number of carbonyl (C=O) groups excluding carboxylic acids is 1. The fourth-order valence-electron chi connectivity index (χ4n) is 3.10. The van der Waals surface area contributed by atoms with Crippen LogP contribution < -0.4 is 0 Å². The van der Waals surface area contributed by atoms with Crippen molar-refractivity contribution < 1.29 is 9.53 Å². The summed E-state index contributed by atoms with van der Waals surface area (Å²) in [6.07, 6.45) is 1.88. The van der Waals surface area contributed by atoms with Gasteiger partial charge in [0, 0.05) is 6.54 Å². The summed E-state index contributed by atoms with van der Waals surface area (Å²) in [5.41, 5.74) is 3.56. The van der Waals surface area contributed by atoms with Crippen LogP contribution in [0.5, 0.6) is 0 Å². The van der Waals surface area contributed by atoms with Crippen molar-refractivity contribution in [3.05, 3.63) is 29.3 Å². The minimum Gasteiger partial charge on any atom is -0.444 e. The number of hydrogen-bond acceptors (Lipinski definition) is 4. The summed E-state index contributed by atoms with van der Waals surface area (Å²) >= 11 is 1.64. The zero-order valence-corrected chi connectivity index (χ0v) is 15.0. The predicted octanol–water partition coefficient (Wildman–Crippen LogP) is 5.00. The summed E-state index contributed by atoms with van der Waals surface area (Å²) < 4.78 is 6.81. The summed E-state index contributed by atoms with van der Waals surface area (Å²) in [4.78, 5) is 18.9. The van der Waals surface area contributed by atoms with Crippen LogP contribution in [-0.2, 0) is 4.74 Å². The zero-order valence-electron chi connectivity index (χ0n) is 14.2. The molecule has 1 fully saturated rings. The quantitative estimate of drug-likeness (QED) is 0.737. The van der Waals surface area contributed by atoms with E-state index in [9.17, 15) is 4.79 Å². The van der Waals surface area contributed by atoms with Crippen LogP contribution in [0.15, 0.2) is 23.7 Å². The summed E-state index contributed by atoms with van der Waals surface area (Å²) in [7, 11) is 0. The first-order valence-electron chi connectivity index (χ1n) is 8.16. The van der Waals surface area contributed by atoms with Crippen molar-refractivity contribution >= 4 is 27.6 Å². The van der Waals surface area contributed by atoms with Crippen LogP contribution in [0.4, 0.5) is 4.79 Å². The average Bonchev–Trinajstić information content (AvgIpc) is 2.92. The third kappa shape index (κ3) is 3.66. The van der Waals surface area contributed by atoms with E-state index in [-0.39, 0.29) is 12.1 Å². The number of amides is 1. The van der Waals surface area contributed by atoms with Crippen LogP contribution in [0, 0.1) is 5.92 Å². The van der Waals surface area contributed by atoms with Gasteiger partial charge in [-0.2, -0.15) is 0 Å². The molecule has 1 aliphatic rings. The van der Waals surface area contributed by atoms with Gasteiger partial charge in [0.2, 0.25) is 0 Å². The van der Waals surface area contributed by atoms with Gasteiger partial charge in [-0.05, 0) is 57.2 Å². The van der Waals surface area contributed by atoms with Crippen molar-refractivity contribution in [1.82, 2.24) is 9.88 Å². The molecule has 1 amide bonds. The zero-order chi connectivity index (χ0) is 16.6. The standard InChI is InChI=1S/C18H24N2O2S/c1-12-5-7-15(20(10-12)17(21)22-18(2,3)4)13-6-8-16-14(9-13)19-11-23-16/h6,8-9,11-12,15H,5,7,10H2,1-4H3. The SMILES string of the molecule is CC1CCC(c2ccc3scnc3c2)N(C(=O)OC(C)(C)C)C1. The predicted molar refractivity (Wildman–Crippen MR) is 93.7 cm³/mol. The van der Waals surface area contributed by atoms with Gasteiger partial charge in [-0.1, -0.05) is 13.0 Å². The van der Waals surface area contributed by atoms with Crippen molar-refractivity contribution in [2.24, 2.45) is 5.92 Å². The van der Waals surface area contributed by atoms with E-state index in [0.29, 0.717) is 5.92 Å². The molecule has 0 aliphatic carbocycles. The van der Waals surface area contributed by atoms with Crippen molar-refractivity contribution in [1.29, 1.82) is 0 Å². The Morgan fingerprint density at radius 1 is 1.35 bits per heavy atom. The molecule has 3 rings (SSSR count). The third-order valence-corrected chi connectivity index (χ3v) is 4.99. The van der Waals surface area contributed by atoms with E-state index < -0.39 is 5.60 Å². The Morgan fingerprint density at radius 2 is 2.13 bits per heavy atom. The molecule has 4 nitrogen and oxygen atoms in total. The maximum Gasteiger partial charge on any atom is 0.410 e. The second-order valence-corrected chi connectivity index (χ2v) is 8.30. The number of benzene rings is 1. The number of rotatable bonds is 1. The van der Waals surface area contributed by atoms with Crippen LogP contribution in [0.2, 0.25) is 0 Å². The van der Waals surface area contributed by atoms with Crippen molar-refractivity contribution in [3.8, 4) is 0 Å². The van der Waals surface area contributed by atoms with Gasteiger partial charge < -0.3 is 9.64 Å². The Bertz CT molecular complexity index is 704. The molecule has 124 valence electrons. The van der Waals surface area contributed by atoms with Crippen molar-refractivity contribution in [2.75, 3.05) is 6.54 Å². The number of likely N-dealkylation sites (tertiary alicyclic amines) is 1. The number of nitrogens with zero attached hydrogens (tertiary/aromatic N) is 2. The van der Waals surface area contributed by atoms with Crippen molar-refractivity contribution in [3.63, 3.8) is 0 Å². The van der Waals surface area contributed by atoms with E-state index in [1.54, 1.807) is 11.3 Å². The van der Waals surface area contributed by atoms with Crippen LogP contribution in [-0.4, -0.2) is 28.1 Å². The Morgan fingerprint density at radius 3 is 2.87 bits per heavy atom. The van der Waals surface area contributed by atoms with E-state index in [2.05, 4.69) is 30.1 Å². The largest absolute Gasteiger partial charge is 0.444 e. The molecule has 0 spiro atoms. The fraction of sp³-hybridized carbons (Fsp3) is 0.556. The maximum absolute atomic E-state index is 12.6. The van der Waals surface area contributed by atoms with Gasteiger partial charge in [-0.3, -0.25) is 0 Å². The highest BCUT2D eigenvalue weighted by Gasteiger charge is 2.34. The third-order valence-electron chi connectivity index (χ3n) is 4.18. The highest BCUT2D eigenvalue weighted by atomic mass is 32.1. The summed E-state index contributed by atoms with van der Waals surface area (Å²) in [5, 5.41) is 0. The number of piperidine rings is 1. The second-order valence-electron chi connectivity index (χ2n) is 7.41. The van der Waals surface area contributed by atoms with Gasteiger partial charge >= 0.3 is 6.09 Å². The highest BCUT2D eigenvalue weighted by molar-refractivity contribution is 7.16. The molecule has 2 heterocycles. The molecule has 5 heteroatoms. The highest BCUT2D eigenvalue weighted by Crippen LogP contribution is 2.35. The Balaban J connectivity index is 1.89. The first-order chi connectivity index (χ1) is 10.8. The minimum atomic E-state index is -0.471. The minimum absolute atomic E-state index is 0.0761. The van der Waals surface area contributed by atoms with Crippen LogP contribution in [0.3, 0.4) is 0 Å². The second kappa shape index (κ2) is 6.11. The number of aromatic nitrogens is 1. The first kappa shape index (κ1) is 16.2. The fourth-order valence-corrected chi connectivity index (χ4v) is 3.76. The molecule has 1 saturated heterocycles. The maximum atomic E-state index is 12.6. The van der Waals surface area contributed by atoms with E-state index in [0.717, 1.165) is 30.5 Å². The molecule has 2 aromatic rings. The number of fused-ring (bicyclic) bond motifs is 1. The van der Waals surface area contributed by atoms with Gasteiger partial charge in [-0.25, -0.2) is 9.78 Å². The van der Waals surface area contributed by atoms with Crippen molar-refractivity contribution in [2.45, 2.75) is 52.2 Å². The Labute approximate surface area is 141 Å². The number of thiazole rings is 1. The summed E-state index contributed by atoms with van der Waals surface area (Å²) in [6, 6.07) is 6.42. The molecule has 0 saturated carbocycles. The molecule has 0 bridgehead atoms. The smallest absolute Gasteiger partial charge is 0.410 e. The number of ether oxygens (including phenoxy) is 1. The lowest BCUT2D eigenvalue weighted by molar-refractivity contribution is 0.00365. The molecule has 2 unspecified atom stereocenters. The monoisotopic (exact) mass is 332 g/mol. The normalized spacial score (nSPS) is 22.3. The lowest BCUT2D eigenvalue weighted by atomic mass is 9.90. The van der Waals surface area contributed by atoms with Gasteiger partial charge in [0.15, 0.2) is 0 Å². The number of carbonyl (C=O) groups is 1. The van der Waals surface area contributed by atoms with Gasteiger partial charge in [0.25, 0.3) is 0 Å². The number of hydrogen-bond donors (Lipinski definition) is 0. The molecule has 0 radical (unpaired) electrons. The molecular formula is C18H24N2O2S. The molecule has 1 aliphatic heterocycles. The first-order valence-corrected chi connectivity index (χ1v) is 9.04. The molecule has 1 aromatic heterocycles. The van der Waals surface area contributed by atoms with Crippen LogP contribution >= 0.6 is 11.3 Å². The topological polar surface area (TPSA) is 42.4 Å². The lowest BCUT2D eigenvalue weighted by Gasteiger charge is -2.39. The molecule has 1 aromatic carbocycles. The average molecular weight is 332 g/mol. The van der Waals surface area contributed by atoms with E-state index in [1.165, 1.54) is 4.70 Å². The van der Waals surface area contributed by atoms with E-state index >= 15 is 0 Å². The molecule has 0 N–H and O–H groups in total. The molecule has 2 atom stereocenters. The van der Waals surface area contributed by atoms with Crippen LogP contribution in [0.1, 0.15) is 52.1 Å². The van der Waals surface area contributed by atoms with Gasteiger partial charge in [-0.15, -0.1) is 11.3 Å².